The van der Waals surface area contributed by atoms with E-state index in [-0.39, 0.29) is 30.7 Å². The SMILES string of the molecule is C#CC#COONCCCC[C@@H]1NC(=O)[C@H](CCC(=O)O)NC(=O)c2cc([N+](=O)[O-])ccc2OC(C)[C@H](C(N)=O)NC1=O. The molecule has 1 aliphatic rings. The molecule has 17 nitrogen and oxygen atoms in total. The number of terminal acetylenes is 1. The van der Waals surface area contributed by atoms with Gasteiger partial charge in [-0.25, -0.2) is 0 Å². The Hall–Kier alpha value is -5.39. The molecule has 0 aromatic heterocycles. The van der Waals surface area contributed by atoms with E-state index in [2.05, 4.69) is 43.3 Å². The van der Waals surface area contributed by atoms with Gasteiger partial charge in [-0.15, -0.1) is 6.42 Å². The number of carboxylic acid groups (broad SMARTS) is 1. The van der Waals surface area contributed by atoms with Gasteiger partial charge in [0.2, 0.25) is 17.7 Å². The number of nitrogens with one attached hydrogen (secondary N) is 4. The number of carbonyl (C=O) groups excluding carboxylic acids is 4. The highest BCUT2D eigenvalue weighted by Crippen LogP contribution is 2.26. The zero-order chi connectivity index (χ0) is 31.9. The van der Waals surface area contributed by atoms with Crippen LogP contribution in [0.5, 0.6) is 5.75 Å². The number of fused-ring (bicyclic) bond motifs is 1. The van der Waals surface area contributed by atoms with Gasteiger partial charge in [0.25, 0.3) is 11.6 Å². The quantitative estimate of drug-likeness (QED) is 0.0555. The fourth-order valence-corrected chi connectivity index (χ4v) is 3.86. The first-order chi connectivity index (χ1) is 20.4. The summed E-state index contributed by atoms with van der Waals surface area (Å²) in [6, 6.07) is -1.10. The Bertz CT molecular complexity index is 1330. The molecule has 4 amide bonds. The molecule has 0 saturated carbocycles. The van der Waals surface area contributed by atoms with Crippen molar-refractivity contribution in [3.63, 3.8) is 0 Å². The first-order valence-corrected chi connectivity index (χ1v) is 12.8. The van der Waals surface area contributed by atoms with Crippen molar-refractivity contribution in [1.29, 1.82) is 0 Å². The number of carbonyl (C=O) groups is 5. The minimum Gasteiger partial charge on any atom is -0.487 e. The molecule has 230 valence electrons. The lowest BCUT2D eigenvalue weighted by Gasteiger charge is -2.26. The highest BCUT2D eigenvalue weighted by Gasteiger charge is 2.34. The Labute approximate surface area is 245 Å². The molecule has 0 radical (unpaired) electrons. The molecule has 0 bridgehead atoms. The molecule has 0 aliphatic carbocycles. The average molecular weight is 603 g/mol. The topological polar surface area (TPSA) is 251 Å². The number of aliphatic carboxylic acids is 1. The Balaban J connectivity index is 2.36. The summed E-state index contributed by atoms with van der Waals surface area (Å²) in [6.07, 6.45) is 5.66. The van der Waals surface area contributed by atoms with Crippen molar-refractivity contribution in [1.82, 2.24) is 21.4 Å². The van der Waals surface area contributed by atoms with Crippen LogP contribution in [-0.2, 0) is 29.1 Å². The first-order valence-electron chi connectivity index (χ1n) is 12.8. The summed E-state index contributed by atoms with van der Waals surface area (Å²) < 4.78 is 5.74. The molecule has 1 aromatic carbocycles. The molecule has 1 unspecified atom stereocenters. The Kier molecular flexibility index (Phi) is 13.2. The number of nitro groups is 1. The smallest absolute Gasteiger partial charge is 0.303 e. The van der Waals surface area contributed by atoms with Crippen molar-refractivity contribution in [3.05, 3.63) is 33.9 Å². The number of hydroxylamine groups is 1. The zero-order valence-electron chi connectivity index (χ0n) is 22.9. The van der Waals surface area contributed by atoms with Crippen LogP contribution in [-0.4, -0.2) is 70.4 Å². The third kappa shape index (κ3) is 10.8. The number of non-ortho nitro benzene ring substituents is 1. The zero-order valence-corrected chi connectivity index (χ0v) is 22.9. The molecule has 0 saturated heterocycles. The van der Waals surface area contributed by atoms with E-state index in [4.69, 9.17) is 22.0 Å². The van der Waals surface area contributed by atoms with Crippen LogP contribution in [0.2, 0.25) is 0 Å². The number of unbranched alkanes of at least 4 members (excludes halogenated alkanes) is 1. The maximum Gasteiger partial charge on any atom is 0.303 e. The van der Waals surface area contributed by atoms with Crippen molar-refractivity contribution < 1.29 is 48.6 Å². The first kappa shape index (κ1) is 33.8. The van der Waals surface area contributed by atoms with Gasteiger partial charge in [0.1, 0.15) is 30.0 Å². The van der Waals surface area contributed by atoms with E-state index < -0.39 is 70.9 Å². The van der Waals surface area contributed by atoms with Gasteiger partial charge in [0, 0.05) is 31.0 Å². The number of nitrogens with zero attached hydrogens (tertiary/aromatic N) is 1. The van der Waals surface area contributed by atoms with Crippen LogP contribution in [0.15, 0.2) is 18.2 Å². The molecule has 1 aromatic rings. The number of benzene rings is 1. The molecule has 1 aliphatic heterocycles. The second-order valence-corrected chi connectivity index (χ2v) is 9.10. The van der Waals surface area contributed by atoms with Crippen LogP contribution in [0.3, 0.4) is 0 Å². The van der Waals surface area contributed by atoms with Crippen LogP contribution < -0.4 is 31.9 Å². The summed E-state index contributed by atoms with van der Waals surface area (Å²) >= 11 is 0. The number of hydrogen-bond donors (Lipinski definition) is 6. The van der Waals surface area contributed by atoms with Gasteiger partial charge in [-0.05, 0) is 44.6 Å². The minimum absolute atomic E-state index is 0.0315. The summed E-state index contributed by atoms with van der Waals surface area (Å²) in [7, 11) is 0. The van der Waals surface area contributed by atoms with Gasteiger partial charge in [0.15, 0.2) is 6.11 Å². The second kappa shape index (κ2) is 16.8. The monoisotopic (exact) mass is 602 g/mol. The summed E-state index contributed by atoms with van der Waals surface area (Å²) in [6.45, 7) is 1.61. The number of rotatable bonds is 12. The van der Waals surface area contributed by atoms with Crippen LogP contribution >= 0.6 is 0 Å². The van der Waals surface area contributed by atoms with Crippen LogP contribution in [0.25, 0.3) is 0 Å². The molecular formula is C26H30N6O11. The van der Waals surface area contributed by atoms with E-state index >= 15 is 0 Å². The van der Waals surface area contributed by atoms with Crippen LogP contribution in [0, 0.1) is 34.5 Å². The predicted octanol–water partition coefficient (Wildman–Crippen LogP) is -0.989. The fourth-order valence-electron chi connectivity index (χ4n) is 3.86. The fraction of sp³-hybridized carbons (Fsp3) is 0.423. The number of primary amides is 1. The second-order valence-electron chi connectivity index (χ2n) is 9.10. The van der Waals surface area contributed by atoms with E-state index in [9.17, 15) is 34.1 Å². The summed E-state index contributed by atoms with van der Waals surface area (Å²) in [5.74, 6) is -1.02. The van der Waals surface area contributed by atoms with Crippen molar-refractivity contribution in [2.75, 3.05) is 6.54 Å². The minimum atomic E-state index is -1.47. The summed E-state index contributed by atoms with van der Waals surface area (Å²) in [5, 5.41) is 27.8. The number of nitro benzene ring substituents is 1. The number of ether oxygens (including phenoxy) is 1. The van der Waals surface area contributed by atoms with E-state index in [0.717, 1.165) is 18.2 Å². The molecular weight excluding hydrogens is 572 g/mol. The van der Waals surface area contributed by atoms with Crippen LogP contribution in [0.1, 0.15) is 49.4 Å². The van der Waals surface area contributed by atoms with Gasteiger partial charge < -0.3 is 31.5 Å². The third-order valence-electron chi connectivity index (χ3n) is 5.99. The van der Waals surface area contributed by atoms with Gasteiger partial charge in [-0.2, -0.15) is 5.48 Å². The third-order valence-corrected chi connectivity index (χ3v) is 5.99. The summed E-state index contributed by atoms with van der Waals surface area (Å²) in [5.41, 5.74) is 7.10. The predicted molar refractivity (Wildman–Crippen MR) is 145 cm³/mol. The van der Waals surface area contributed by atoms with Crippen molar-refractivity contribution in [2.24, 2.45) is 5.73 Å². The van der Waals surface area contributed by atoms with Crippen molar-refractivity contribution in [2.45, 2.75) is 63.3 Å². The van der Waals surface area contributed by atoms with Gasteiger partial charge >= 0.3 is 5.97 Å². The standard InChI is InChI=1S/C26H30N6O11/c1-3-4-13-41-43-28-12-6-5-7-18-26(38)31-22(23(27)35)15(2)42-20-10-8-16(32(39)40)14-17(20)24(36)29-19(25(37)30-18)9-11-21(33)34/h1,8,10,14-15,18-19,22,28H,5-7,9,11-12H2,2H3,(H2,27,35)(H,29,36)(H,30,37)(H,31,38)(H,33,34)/t15?,18-,19-,22+/m0/s1. The van der Waals surface area contributed by atoms with E-state index in [1.54, 1.807) is 0 Å². The van der Waals surface area contributed by atoms with Gasteiger partial charge in [0.05, 0.1) is 10.5 Å². The Morgan fingerprint density at radius 1 is 1.16 bits per heavy atom. The van der Waals surface area contributed by atoms with Crippen molar-refractivity contribution >= 4 is 35.3 Å². The maximum atomic E-state index is 13.3. The molecule has 1 heterocycles. The highest BCUT2D eigenvalue weighted by molar-refractivity contribution is 6.01. The average Bonchev–Trinajstić information content (AvgIpc) is 2.95. The number of hydrogen-bond acceptors (Lipinski definition) is 11. The highest BCUT2D eigenvalue weighted by atomic mass is 17.3. The van der Waals surface area contributed by atoms with E-state index in [1.165, 1.54) is 6.92 Å². The van der Waals surface area contributed by atoms with Gasteiger partial charge in [-0.1, -0.05) is 4.99 Å². The maximum absolute atomic E-state index is 13.3. The molecule has 0 spiro atoms. The number of nitrogens with two attached hydrogens (primary N) is 1. The molecule has 0 fully saturated rings. The normalized spacial score (nSPS) is 20.3. The summed E-state index contributed by atoms with van der Waals surface area (Å²) in [4.78, 5) is 82.9. The van der Waals surface area contributed by atoms with E-state index in [1.807, 2.05) is 5.92 Å². The van der Waals surface area contributed by atoms with Gasteiger partial charge in [-0.3, -0.25) is 39.0 Å². The molecule has 17 heteroatoms. The lowest BCUT2D eigenvalue weighted by molar-refractivity contribution is -0.384. The molecule has 2 rings (SSSR count). The molecule has 4 atom stereocenters. The lowest BCUT2D eigenvalue weighted by atomic mass is 10.0. The Morgan fingerprint density at radius 3 is 2.51 bits per heavy atom. The van der Waals surface area contributed by atoms with E-state index in [0.29, 0.717) is 12.8 Å². The largest absolute Gasteiger partial charge is 0.487 e. The van der Waals surface area contributed by atoms with Crippen LogP contribution in [0.4, 0.5) is 5.69 Å². The molecule has 43 heavy (non-hydrogen) atoms. The lowest BCUT2D eigenvalue weighted by Crippen LogP contribution is -2.58. The Morgan fingerprint density at radius 2 is 1.86 bits per heavy atom. The number of carboxylic acids is 1. The molecule has 7 N–H and O–H groups in total. The number of amides is 4. The van der Waals surface area contributed by atoms with Crippen molar-refractivity contribution in [3.8, 4) is 30.1 Å².